The summed E-state index contributed by atoms with van der Waals surface area (Å²) in [7, 11) is 2.02. The summed E-state index contributed by atoms with van der Waals surface area (Å²) in [5, 5.41) is 9.10. The summed E-state index contributed by atoms with van der Waals surface area (Å²) in [6.45, 7) is 1.10. The molecular formula is C12H16FNO. The summed E-state index contributed by atoms with van der Waals surface area (Å²) in [5.74, 6) is 0.136. The van der Waals surface area contributed by atoms with Crippen LogP contribution in [0.4, 0.5) is 4.39 Å². The first kappa shape index (κ1) is 10.6. The average Bonchev–Trinajstić information content (AvgIpc) is 2.60. The Morgan fingerprint density at radius 1 is 1.53 bits per heavy atom. The Kier molecular flexibility index (Phi) is 3.03. The molecule has 0 bridgehead atoms. The van der Waals surface area contributed by atoms with E-state index in [1.807, 2.05) is 13.1 Å². The molecule has 0 aromatic heterocycles. The number of halogens is 1. The summed E-state index contributed by atoms with van der Waals surface area (Å²) in [4.78, 5) is 2.18. The van der Waals surface area contributed by atoms with Crippen molar-refractivity contribution in [2.24, 2.45) is 5.92 Å². The molecule has 2 atom stereocenters. The van der Waals surface area contributed by atoms with Crippen LogP contribution in [0.15, 0.2) is 24.3 Å². The second-order valence-corrected chi connectivity index (χ2v) is 4.29. The van der Waals surface area contributed by atoms with E-state index in [1.165, 1.54) is 6.07 Å². The van der Waals surface area contributed by atoms with Crippen LogP contribution in [-0.2, 0) is 0 Å². The number of aliphatic hydroxyl groups is 1. The van der Waals surface area contributed by atoms with Crippen molar-refractivity contribution in [1.82, 2.24) is 4.90 Å². The van der Waals surface area contributed by atoms with Crippen molar-refractivity contribution in [1.29, 1.82) is 0 Å². The summed E-state index contributed by atoms with van der Waals surface area (Å²) < 4.78 is 13.1. The maximum atomic E-state index is 13.1. The first-order chi connectivity index (χ1) is 7.20. The van der Waals surface area contributed by atoms with E-state index in [0.717, 1.165) is 18.5 Å². The van der Waals surface area contributed by atoms with E-state index < -0.39 is 0 Å². The fraction of sp³-hybridized carbons (Fsp3) is 0.500. The Morgan fingerprint density at radius 3 is 2.93 bits per heavy atom. The lowest BCUT2D eigenvalue weighted by molar-refractivity contribution is 0.227. The molecule has 0 spiro atoms. The van der Waals surface area contributed by atoms with Gasteiger partial charge in [0.1, 0.15) is 5.82 Å². The number of rotatable bonds is 2. The van der Waals surface area contributed by atoms with E-state index in [2.05, 4.69) is 4.90 Å². The van der Waals surface area contributed by atoms with Gasteiger partial charge in [-0.25, -0.2) is 4.39 Å². The normalized spacial score (nSPS) is 27.1. The molecule has 0 unspecified atom stereocenters. The highest BCUT2D eigenvalue weighted by Crippen LogP contribution is 2.33. The molecule has 2 rings (SSSR count). The molecule has 1 aromatic rings. The number of likely N-dealkylation sites (tertiary alicyclic amines) is 1. The molecule has 1 aromatic carbocycles. The number of hydrogen-bond acceptors (Lipinski definition) is 2. The molecule has 3 heteroatoms. The van der Waals surface area contributed by atoms with E-state index in [0.29, 0.717) is 5.92 Å². The van der Waals surface area contributed by atoms with Crippen molar-refractivity contribution in [2.75, 3.05) is 20.2 Å². The van der Waals surface area contributed by atoms with E-state index in [4.69, 9.17) is 5.11 Å². The molecule has 1 aliphatic rings. The van der Waals surface area contributed by atoms with Crippen LogP contribution in [-0.4, -0.2) is 30.2 Å². The zero-order chi connectivity index (χ0) is 10.8. The fourth-order valence-electron chi connectivity index (χ4n) is 2.34. The highest BCUT2D eigenvalue weighted by Gasteiger charge is 2.29. The molecule has 1 fully saturated rings. The summed E-state index contributed by atoms with van der Waals surface area (Å²) in [6.07, 6.45) is 0.913. The van der Waals surface area contributed by atoms with E-state index >= 15 is 0 Å². The summed E-state index contributed by atoms with van der Waals surface area (Å²) in [5.41, 5.74) is 1.01. The molecule has 0 aliphatic carbocycles. The van der Waals surface area contributed by atoms with Crippen molar-refractivity contribution in [3.63, 3.8) is 0 Å². The van der Waals surface area contributed by atoms with Crippen molar-refractivity contribution >= 4 is 0 Å². The minimum Gasteiger partial charge on any atom is -0.396 e. The molecule has 2 nitrogen and oxygen atoms in total. The second-order valence-electron chi connectivity index (χ2n) is 4.29. The summed E-state index contributed by atoms with van der Waals surface area (Å²) >= 11 is 0. The molecule has 0 saturated carbocycles. The van der Waals surface area contributed by atoms with Gasteiger partial charge in [-0.2, -0.15) is 0 Å². The van der Waals surface area contributed by atoms with Gasteiger partial charge in [-0.05, 0) is 37.1 Å². The third-order valence-corrected chi connectivity index (χ3v) is 3.13. The average molecular weight is 209 g/mol. The van der Waals surface area contributed by atoms with Crippen LogP contribution in [0.3, 0.4) is 0 Å². The topological polar surface area (TPSA) is 23.5 Å². The van der Waals surface area contributed by atoms with Crippen LogP contribution < -0.4 is 0 Å². The van der Waals surface area contributed by atoms with Crippen LogP contribution in [0.2, 0.25) is 0 Å². The van der Waals surface area contributed by atoms with Crippen LogP contribution in [0, 0.1) is 11.7 Å². The van der Waals surface area contributed by atoms with Gasteiger partial charge < -0.3 is 5.11 Å². The Hall–Kier alpha value is -0.930. The maximum absolute atomic E-state index is 13.1. The molecule has 15 heavy (non-hydrogen) atoms. The van der Waals surface area contributed by atoms with Gasteiger partial charge in [0.15, 0.2) is 0 Å². The van der Waals surface area contributed by atoms with Crippen molar-refractivity contribution in [2.45, 2.75) is 12.5 Å². The Balaban J connectivity index is 2.17. The minimum atomic E-state index is -0.187. The fourth-order valence-corrected chi connectivity index (χ4v) is 2.34. The molecule has 0 amide bonds. The number of aliphatic hydroxyl groups excluding tert-OH is 1. The predicted molar refractivity (Wildman–Crippen MR) is 57.0 cm³/mol. The van der Waals surface area contributed by atoms with Crippen LogP contribution in [0.25, 0.3) is 0 Å². The van der Waals surface area contributed by atoms with Crippen molar-refractivity contribution < 1.29 is 9.50 Å². The highest BCUT2D eigenvalue weighted by atomic mass is 19.1. The Labute approximate surface area is 89.3 Å². The third-order valence-electron chi connectivity index (χ3n) is 3.13. The highest BCUT2D eigenvalue weighted by molar-refractivity contribution is 5.21. The first-order valence-electron chi connectivity index (χ1n) is 5.27. The van der Waals surface area contributed by atoms with Crippen molar-refractivity contribution in [3.8, 4) is 0 Å². The molecule has 1 N–H and O–H groups in total. The summed E-state index contributed by atoms with van der Waals surface area (Å²) in [6, 6.07) is 6.98. The van der Waals surface area contributed by atoms with Crippen LogP contribution >= 0.6 is 0 Å². The van der Waals surface area contributed by atoms with Crippen molar-refractivity contribution in [3.05, 3.63) is 35.6 Å². The number of hydrogen-bond donors (Lipinski definition) is 1. The smallest absolute Gasteiger partial charge is 0.123 e. The lowest BCUT2D eigenvalue weighted by Gasteiger charge is -2.19. The van der Waals surface area contributed by atoms with Gasteiger partial charge in [0.05, 0.1) is 0 Å². The van der Waals surface area contributed by atoms with E-state index in [9.17, 15) is 4.39 Å². The largest absolute Gasteiger partial charge is 0.396 e. The van der Waals surface area contributed by atoms with Gasteiger partial charge >= 0.3 is 0 Å². The Bertz CT molecular complexity index is 342. The zero-order valence-electron chi connectivity index (χ0n) is 8.86. The first-order valence-corrected chi connectivity index (χ1v) is 5.27. The van der Waals surface area contributed by atoms with Crippen LogP contribution in [0.1, 0.15) is 18.0 Å². The number of nitrogens with zero attached hydrogens (tertiary/aromatic N) is 1. The number of benzene rings is 1. The minimum absolute atomic E-state index is 0.187. The Morgan fingerprint density at radius 2 is 2.33 bits per heavy atom. The maximum Gasteiger partial charge on any atom is 0.123 e. The molecule has 1 saturated heterocycles. The lowest BCUT2D eigenvalue weighted by atomic mass is 10.0. The van der Waals surface area contributed by atoms with Gasteiger partial charge in [-0.3, -0.25) is 4.90 Å². The molecule has 82 valence electrons. The van der Waals surface area contributed by atoms with Gasteiger partial charge in [0.2, 0.25) is 0 Å². The second kappa shape index (κ2) is 4.29. The van der Waals surface area contributed by atoms with Gasteiger partial charge in [-0.15, -0.1) is 0 Å². The molecular weight excluding hydrogens is 193 g/mol. The van der Waals surface area contributed by atoms with Gasteiger partial charge in [0.25, 0.3) is 0 Å². The van der Waals surface area contributed by atoms with Gasteiger partial charge in [0, 0.05) is 19.2 Å². The van der Waals surface area contributed by atoms with E-state index in [-0.39, 0.29) is 18.5 Å². The molecule has 1 heterocycles. The van der Waals surface area contributed by atoms with Gasteiger partial charge in [-0.1, -0.05) is 12.1 Å². The molecule has 1 aliphatic heterocycles. The third kappa shape index (κ3) is 2.19. The monoisotopic (exact) mass is 209 g/mol. The molecule has 0 radical (unpaired) electrons. The standard InChI is InChI=1S/C12H16FNO/c1-14-7-9(8-15)5-12(14)10-3-2-4-11(13)6-10/h2-4,6,9,12,15H,5,7-8H2,1H3/t9-,12-/m1/s1. The van der Waals surface area contributed by atoms with Crippen LogP contribution in [0.5, 0.6) is 0 Å². The van der Waals surface area contributed by atoms with E-state index in [1.54, 1.807) is 12.1 Å². The lowest BCUT2D eigenvalue weighted by Crippen LogP contribution is -2.19. The zero-order valence-corrected chi connectivity index (χ0v) is 8.86. The quantitative estimate of drug-likeness (QED) is 0.803. The SMILES string of the molecule is CN1C[C@H](CO)C[C@@H]1c1cccc(F)c1. The predicted octanol–water partition coefficient (Wildman–Crippen LogP) is 1.81.